The van der Waals surface area contributed by atoms with E-state index in [1.807, 2.05) is 18.2 Å². The highest BCUT2D eigenvalue weighted by Crippen LogP contribution is 2.22. The monoisotopic (exact) mass is 387 g/mol. The van der Waals surface area contributed by atoms with Crippen molar-refractivity contribution in [1.29, 1.82) is 0 Å². The lowest BCUT2D eigenvalue weighted by atomic mass is 10.1. The normalized spacial score (nSPS) is 5.69. The Hall–Kier alpha value is -2.67. The fraction of sp³-hybridized carbons (Fsp3) is 0. The van der Waals surface area contributed by atoms with Crippen LogP contribution in [0.25, 0.3) is 11.1 Å². The number of nitro groups is 1. The molecule has 2 rings (SSSR count). The lowest BCUT2D eigenvalue weighted by Gasteiger charge is -1.99. The number of rotatable bonds is 2. The van der Waals surface area contributed by atoms with Gasteiger partial charge < -0.3 is 67.7 Å². The van der Waals surface area contributed by atoms with E-state index in [-0.39, 0.29) is 73.3 Å². The van der Waals surface area contributed by atoms with E-state index in [4.69, 9.17) is 0 Å². The van der Waals surface area contributed by atoms with E-state index in [0.717, 1.165) is 11.1 Å². The first-order valence-corrected chi connectivity index (χ1v) is 4.42. The number of non-ortho nitro benzene ring substituents is 1. The number of nitrogens with zero attached hydrogens (tertiary/aromatic N) is 2. The van der Waals surface area contributed by atoms with Gasteiger partial charge in [-0.05, 0) is 23.3 Å². The molecule has 0 spiro atoms. The minimum absolute atomic E-state index is 0. The molecule has 0 atom stereocenters. The smallest absolute Gasteiger partial charge is 0.270 e. The summed E-state index contributed by atoms with van der Waals surface area (Å²) < 4.78 is 0. The minimum Gasteiger partial charge on any atom is -0.344 e. The van der Waals surface area contributed by atoms with E-state index in [0.29, 0.717) is 0 Å². The molecule has 26 heavy (non-hydrogen) atoms. The second-order valence-electron chi connectivity index (χ2n) is 3.04. The van der Waals surface area contributed by atoms with Gasteiger partial charge in [0.2, 0.25) is 0 Å². The van der Waals surface area contributed by atoms with Gasteiger partial charge in [-0.2, -0.15) is 0 Å². The van der Waals surface area contributed by atoms with Gasteiger partial charge in [0.05, 0.1) is 4.92 Å². The van der Waals surface area contributed by atoms with Gasteiger partial charge in [0.25, 0.3) is 5.69 Å². The van der Waals surface area contributed by atoms with Crippen molar-refractivity contribution in [3.63, 3.8) is 0 Å². The van der Waals surface area contributed by atoms with Crippen molar-refractivity contribution in [3.05, 3.63) is 58.9 Å². The molecule has 0 amide bonds. The van der Waals surface area contributed by atoms with Gasteiger partial charge in [-0.15, -0.1) is 0 Å². The van der Waals surface area contributed by atoms with E-state index >= 15 is 0 Å². The van der Waals surface area contributed by atoms with Crippen LogP contribution in [0.15, 0.2) is 48.8 Å². The second kappa shape index (κ2) is 30.2. The van der Waals surface area contributed by atoms with Gasteiger partial charge in [0.1, 0.15) is 0 Å². The zero-order valence-electron chi connectivity index (χ0n) is 15.6. The Labute approximate surface area is 154 Å². The molecule has 0 aliphatic carbocycles. The summed E-state index contributed by atoms with van der Waals surface area (Å²) in [7, 11) is 0. The number of hydrogen-bond donors (Lipinski definition) is 11. The minimum atomic E-state index is -0.398. The van der Waals surface area contributed by atoms with Crippen molar-refractivity contribution in [2.75, 3.05) is 0 Å². The molecule has 0 aliphatic heterocycles. The highest BCUT2D eigenvalue weighted by molar-refractivity contribution is 5.65. The van der Waals surface area contributed by atoms with Crippen LogP contribution < -0.4 is 67.7 Å². The van der Waals surface area contributed by atoms with Gasteiger partial charge in [0.15, 0.2) is 0 Å². The number of nitro benzene ring substituents is 1. The number of pyridine rings is 1. The molecule has 1 heterocycles. The predicted octanol–water partition coefficient (Wildman–Crippen LogP) is 4.44. The van der Waals surface area contributed by atoms with Crippen molar-refractivity contribution in [2.24, 2.45) is 0 Å². The third-order valence-corrected chi connectivity index (χ3v) is 2.07. The Morgan fingerprint density at radius 2 is 1.08 bits per heavy atom. The quantitative estimate of drug-likeness (QED) is 0.250. The molecule has 0 bridgehead atoms. The average Bonchev–Trinajstić information content (AvgIpc) is 2.30. The van der Waals surface area contributed by atoms with Crippen molar-refractivity contribution in [1.82, 2.24) is 72.6 Å². The van der Waals surface area contributed by atoms with E-state index in [1.54, 1.807) is 24.5 Å². The maximum atomic E-state index is 10.6. The van der Waals surface area contributed by atoms with Gasteiger partial charge in [-0.25, -0.2) is 0 Å². The number of hydrogen-bond acceptors (Lipinski definition) is 14. The molecular formula is C11H41N13O2. The second-order valence-corrected chi connectivity index (χ2v) is 3.04. The third-order valence-electron chi connectivity index (χ3n) is 2.07. The lowest BCUT2D eigenvalue weighted by molar-refractivity contribution is -0.384. The highest BCUT2D eigenvalue weighted by atomic mass is 16.6. The molecule has 0 saturated carbocycles. The average molecular weight is 388 g/mol. The molecule has 0 unspecified atom stereocenters. The molecule has 0 fully saturated rings. The summed E-state index contributed by atoms with van der Waals surface area (Å²) in [6.45, 7) is 0. The van der Waals surface area contributed by atoms with Gasteiger partial charge >= 0.3 is 0 Å². The first-order valence-electron chi connectivity index (χ1n) is 4.42. The molecule has 0 radical (unpaired) electrons. The Balaban J connectivity index is -0.0000000291. The van der Waals surface area contributed by atoms with Gasteiger partial charge in [0, 0.05) is 24.5 Å². The molecule has 162 valence electrons. The Kier molecular flexibility index (Phi) is 76.1. The topological polar surface area (TPSA) is 441 Å². The summed E-state index contributed by atoms with van der Waals surface area (Å²) in [5.74, 6) is 0. The van der Waals surface area contributed by atoms with E-state index < -0.39 is 4.92 Å². The van der Waals surface area contributed by atoms with Crippen LogP contribution in [0.3, 0.4) is 0 Å². The van der Waals surface area contributed by atoms with Crippen LogP contribution in [-0.4, -0.2) is 9.91 Å². The standard InChI is InChI=1S/C11H8N2O2.11H3N/c14-13(15)11-3-1-2-10(8-11)9-4-6-12-7-5-9;;;;;;;;;;;/h1-8H;11*1H3. The van der Waals surface area contributed by atoms with Crippen LogP contribution in [0.2, 0.25) is 0 Å². The predicted molar refractivity (Wildman–Crippen MR) is 112 cm³/mol. The van der Waals surface area contributed by atoms with Crippen molar-refractivity contribution < 1.29 is 4.92 Å². The fourth-order valence-electron chi connectivity index (χ4n) is 1.34. The molecule has 1 aromatic heterocycles. The Bertz CT molecular complexity index is 500. The SMILES string of the molecule is N.N.N.N.N.N.N.N.N.N.N.O=[N+]([O-])c1cccc(-c2ccncc2)c1. The van der Waals surface area contributed by atoms with Gasteiger partial charge in [-0.1, -0.05) is 12.1 Å². The first-order chi connectivity index (χ1) is 7.27. The van der Waals surface area contributed by atoms with Crippen molar-refractivity contribution >= 4 is 5.69 Å². The molecule has 0 saturated heterocycles. The molecule has 33 N–H and O–H groups in total. The lowest BCUT2D eigenvalue weighted by Crippen LogP contribution is -1.87. The van der Waals surface area contributed by atoms with Crippen molar-refractivity contribution in [2.45, 2.75) is 0 Å². The molecule has 0 aliphatic rings. The Morgan fingerprint density at radius 3 is 1.46 bits per heavy atom. The zero-order chi connectivity index (χ0) is 10.7. The molecule has 15 nitrogen and oxygen atoms in total. The summed E-state index contributed by atoms with van der Waals surface area (Å²) in [6, 6.07) is 10.2. The van der Waals surface area contributed by atoms with E-state index in [9.17, 15) is 10.1 Å². The first kappa shape index (κ1) is 65.5. The van der Waals surface area contributed by atoms with Gasteiger partial charge in [-0.3, -0.25) is 15.1 Å². The number of aromatic nitrogens is 1. The van der Waals surface area contributed by atoms with Crippen LogP contribution >= 0.6 is 0 Å². The van der Waals surface area contributed by atoms with E-state index in [1.165, 1.54) is 6.07 Å². The fourth-order valence-corrected chi connectivity index (χ4v) is 1.34. The summed E-state index contributed by atoms with van der Waals surface area (Å²) >= 11 is 0. The van der Waals surface area contributed by atoms with Crippen LogP contribution in [0.4, 0.5) is 5.69 Å². The third kappa shape index (κ3) is 16.2. The molecular weight excluding hydrogens is 346 g/mol. The van der Waals surface area contributed by atoms with Crippen LogP contribution in [0.1, 0.15) is 0 Å². The summed E-state index contributed by atoms with van der Waals surface area (Å²) in [5.41, 5.74) is 1.85. The van der Waals surface area contributed by atoms with Crippen LogP contribution in [0.5, 0.6) is 0 Å². The maximum absolute atomic E-state index is 10.6. The van der Waals surface area contributed by atoms with Crippen molar-refractivity contribution in [3.8, 4) is 11.1 Å². The summed E-state index contributed by atoms with van der Waals surface area (Å²) in [5, 5.41) is 10.6. The molecule has 2 aromatic rings. The molecule has 15 heteroatoms. The largest absolute Gasteiger partial charge is 0.344 e. The Morgan fingerprint density at radius 1 is 0.654 bits per heavy atom. The van der Waals surface area contributed by atoms with Crippen LogP contribution in [0, 0.1) is 10.1 Å². The number of benzene rings is 1. The molecule has 1 aromatic carbocycles. The zero-order valence-corrected chi connectivity index (χ0v) is 15.6. The summed E-state index contributed by atoms with van der Waals surface area (Å²) in [6.07, 6.45) is 3.32. The maximum Gasteiger partial charge on any atom is 0.270 e. The highest BCUT2D eigenvalue weighted by Gasteiger charge is 2.06. The summed E-state index contributed by atoms with van der Waals surface area (Å²) in [4.78, 5) is 14.1. The van der Waals surface area contributed by atoms with Crippen LogP contribution in [-0.2, 0) is 0 Å². The van der Waals surface area contributed by atoms with E-state index in [2.05, 4.69) is 4.98 Å².